The van der Waals surface area contributed by atoms with Crippen molar-refractivity contribution in [3.8, 4) is 0 Å². The van der Waals surface area contributed by atoms with Gasteiger partial charge in [0, 0.05) is 32.4 Å². The molecule has 3 rings (SSSR count). The van der Waals surface area contributed by atoms with Gasteiger partial charge >= 0.3 is 0 Å². The average molecular weight is 288 g/mol. The number of aromatic nitrogens is 1. The van der Waals surface area contributed by atoms with Crippen molar-refractivity contribution in [1.29, 1.82) is 0 Å². The lowest BCUT2D eigenvalue weighted by Gasteiger charge is -2.24. The predicted molar refractivity (Wildman–Crippen MR) is 83.5 cm³/mol. The van der Waals surface area contributed by atoms with E-state index in [4.69, 9.17) is 0 Å². The van der Waals surface area contributed by atoms with Crippen molar-refractivity contribution in [2.45, 2.75) is 18.9 Å². The van der Waals surface area contributed by atoms with Crippen LogP contribution < -0.4 is 10.2 Å². The second kappa shape index (κ2) is 5.64. The molecular formula is C16H24N4O. The van der Waals surface area contributed by atoms with Crippen LogP contribution in [0.2, 0.25) is 0 Å². The summed E-state index contributed by atoms with van der Waals surface area (Å²) in [4.78, 5) is 21.1. The van der Waals surface area contributed by atoms with Gasteiger partial charge in [0.25, 0.3) is 5.91 Å². The van der Waals surface area contributed by atoms with Gasteiger partial charge in [-0.2, -0.15) is 0 Å². The Kier molecular flexibility index (Phi) is 3.85. The molecule has 2 atom stereocenters. The van der Waals surface area contributed by atoms with Crippen LogP contribution in [0, 0.1) is 11.8 Å². The van der Waals surface area contributed by atoms with Crippen molar-refractivity contribution in [1.82, 2.24) is 15.2 Å². The van der Waals surface area contributed by atoms with E-state index < -0.39 is 0 Å². The molecule has 5 nitrogen and oxygen atoms in total. The van der Waals surface area contributed by atoms with E-state index in [1.54, 1.807) is 13.2 Å². The molecule has 5 heteroatoms. The number of rotatable bonds is 4. The van der Waals surface area contributed by atoms with Crippen molar-refractivity contribution < 1.29 is 4.79 Å². The predicted octanol–water partition coefficient (Wildman–Crippen LogP) is 1.22. The van der Waals surface area contributed by atoms with Gasteiger partial charge in [-0.1, -0.05) is 0 Å². The second-order valence-electron chi connectivity index (χ2n) is 6.39. The normalized spacial score (nSPS) is 25.4. The molecule has 114 valence electrons. The van der Waals surface area contributed by atoms with Crippen LogP contribution in [0.4, 0.5) is 5.82 Å². The van der Waals surface area contributed by atoms with Gasteiger partial charge < -0.3 is 15.1 Å². The number of anilines is 1. The topological polar surface area (TPSA) is 48.5 Å². The van der Waals surface area contributed by atoms with Crippen LogP contribution in [0.3, 0.4) is 0 Å². The van der Waals surface area contributed by atoms with Crippen molar-refractivity contribution >= 4 is 11.7 Å². The van der Waals surface area contributed by atoms with Crippen molar-refractivity contribution in [3.63, 3.8) is 0 Å². The number of amides is 1. The Labute approximate surface area is 126 Å². The van der Waals surface area contributed by atoms with Crippen LogP contribution in [0.5, 0.6) is 0 Å². The third-order valence-corrected chi connectivity index (χ3v) is 4.78. The zero-order valence-electron chi connectivity index (χ0n) is 13.0. The molecule has 0 bridgehead atoms. The van der Waals surface area contributed by atoms with E-state index in [9.17, 15) is 4.79 Å². The largest absolute Gasteiger partial charge is 0.355 e. The minimum Gasteiger partial charge on any atom is -0.355 e. The second-order valence-corrected chi connectivity index (χ2v) is 6.39. The number of nitrogens with zero attached hydrogens (tertiary/aromatic N) is 3. The lowest BCUT2D eigenvalue weighted by molar-refractivity contribution is 0.0963. The number of pyridine rings is 1. The Bertz CT molecular complexity index is 517. The lowest BCUT2D eigenvalue weighted by atomic mass is 9.97. The molecule has 0 radical (unpaired) electrons. The van der Waals surface area contributed by atoms with Gasteiger partial charge in [0.15, 0.2) is 0 Å². The van der Waals surface area contributed by atoms with Gasteiger partial charge in [-0.25, -0.2) is 4.98 Å². The fourth-order valence-electron chi connectivity index (χ4n) is 3.48. The highest BCUT2D eigenvalue weighted by Crippen LogP contribution is 2.43. The summed E-state index contributed by atoms with van der Waals surface area (Å²) in [6, 6.07) is 4.24. The molecule has 2 fully saturated rings. The molecule has 1 aromatic heterocycles. The van der Waals surface area contributed by atoms with Gasteiger partial charge in [0.05, 0.1) is 5.56 Å². The summed E-state index contributed by atoms with van der Waals surface area (Å²) >= 11 is 0. The number of likely N-dealkylation sites (N-methyl/N-ethyl adjacent to an activating group) is 1. The fourth-order valence-corrected chi connectivity index (χ4v) is 3.48. The number of carbonyl (C=O) groups excluding carboxylic acids is 1. The minimum absolute atomic E-state index is 0.0608. The first-order valence-electron chi connectivity index (χ1n) is 7.70. The van der Waals surface area contributed by atoms with E-state index in [2.05, 4.69) is 34.2 Å². The zero-order valence-corrected chi connectivity index (χ0v) is 13.0. The molecule has 1 saturated carbocycles. The van der Waals surface area contributed by atoms with Crippen LogP contribution in [-0.4, -0.2) is 56.1 Å². The first-order valence-corrected chi connectivity index (χ1v) is 7.70. The van der Waals surface area contributed by atoms with Gasteiger partial charge in [0.1, 0.15) is 5.82 Å². The molecule has 1 aliphatic heterocycles. The molecule has 2 heterocycles. The Morgan fingerprint density at radius 2 is 2.14 bits per heavy atom. The third kappa shape index (κ3) is 2.75. The Morgan fingerprint density at radius 1 is 1.38 bits per heavy atom. The Balaban J connectivity index is 1.86. The van der Waals surface area contributed by atoms with Crippen molar-refractivity contribution in [2.75, 3.05) is 39.1 Å². The molecule has 0 aromatic carbocycles. The number of hydrogen-bond acceptors (Lipinski definition) is 4. The van der Waals surface area contributed by atoms with Crippen LogP contribution in [0.1, 0.15) is 23.2 Å². The summed E-state index contributed by atoms with van der Waals surface area (Å²) in [5.41, 5.74) is 0.675. The summed E-state index contributed by atoms with van der Waals surface area (Å²) in [6.07, 6.45) is 4.48. The maximum Gasteiger partial charge on any atom is 0.254 e. The van der Waals surface area contributed by atoms with E-state index >= 15 is 0 Å². The molecule has 21 heavy (non-hydrogen) atoms. The van der Waals surface area contributed by atoms with Crippen LogP contribution in [-0.2, 0) is 0 Å². The van der Waals surface area contributed by atoms with Crippen LogP contribution >= 0.6 is 0 Å². The molecule has 1 aliphatic carbocycles. The molecule has 2 aliphatic rings. The summed E-state index contributed by atoms with van der Waals surface area (Å²) in [7, 11) is 5.97. The molecular weight excluding hydrogens is 264 g/mol. The van der Waals surface area contributed by atoms with E-state index in [1.807, 2.05) is 12.1 Å². The number of carbonyl (C=O) groups is 1. The molecule has 1 saturated heterocycles. The quantitative estimate of drug-likeness (QED) is 0.905. The summed E-state index contributed by atoms with van der Waals surface area (Å²) < 4.78 is 0. The van der Waals surface area contributed by atoms with Crippen LogP contribution in [0.25, 0.3) is 0 Å². The van der Waals surface area contributed by atoms with E-state index in [1.165, 1.54) is 12.8 Å². The summed E-state index contributed by atoms with van der Waals surface area (Å²) in [5, 5.41) is 2.71. The van der Waals surface area contributed by atoms with Gasteiger partial charge in [0.2, 0.25) is 0 Å². The van der Waals surface area contributed by atoms with Gasteiger partial charge in [-0.3, -0.25) is 4.79 Å². The van der Waals surface area contributed by atoms with Crippen LogP contribution in [0.15, 0.2) is 18.3 Å². The number of hydrogen-bond donors (Lipinski definition) is 1. The fraction of sp³-hybridized carbons (Fsp3) is 0.625. The SMILES string of the molecule is CNC(=O)c1cccnc1N1C[C@@H](N(C)C)[C@H](C2CC2)C1. The summed E-state index contributed by atoms with van der Waals surface area (Å²) in [6.45, 7) is 1.96. The van der Waals surface area contributed by atoms with Crippen molar-refractivity contribution in [2.24, 2.45) is 11.8 Å². The first kappa shape index (κ1) is 14.3. The third-order valence-electron chi connectivity index (χ3n) is 4.78. The van der Waals surface area contributed by atoms with Gasteiger partial charge in [-0.15, -0.1) is 0 Å². The van der Waals surface area contributed by atoms with E-state index in [0.717, 1.165) is 24.8 Å². The number of nitrogens with one attached hydrogen (secondary N) is 1. The molecule has 1 aromatic rings. The average Bonchev–Trinajstić information content (AvgIpc) is 3.24. The smallest absolute Gasteiger partial charge is 0.254 e. The zero-order chi connectivity index (χ0) is 15.0. The maximum absolute atomic E-state index is 12.0. The molecule has 1 amide bonds. The highest BCUT2D eigenvalue weighted by atomic mass is 16.1. The molecule has 1 N–H and O–H groups in total. The summed E-state index contributed by atoms with van der Waals surface area (Å²) in [5.74, 6) is 2.32. The van der Waals surface area contributed by atoms with E-state index in [-0.39, 0.29) is 5.91 Å². The monoisotopic (exact) mass is 288 g/mol. The maximum atomic E-state index is 12.0. The highest BCUT2D eigenvalue weighted by Gasteiger charge is 2.44. The standard InChI is InChI=1S/C16H24N4O/c1-17-16(21)12-5-4-8-18-15(12)20-9-13(11-6-7-11)14(10-20)19(2)3/h4-5,8,11,13-14H,6-7,9-10H2,1-3H3,(H,17,21)/t13-,14+/m0/s1. The minimum atomic E-state index is -0.0608. The van der Waals surface area contributed by atoms with Crippen molar-refractivity contribution in [3.05, 3.63) is 23.9 Å². The Morgan fingerprint density at radius 3 is 2.76 bits per heavy atom. The molecule has 0 unspecified atom stereocenters. The van der Waals surface area contributed by atoms with E-state index in [0.29, 0.717) is 17.5 Å². The first-order chi connectivity index (χ1) is 10.1. The molecule has 0 spiro atoms. The lowest BCUT2D eigenvalue weighted by Crippen LogP contribution is -2.36. The van der Waals surface area contributed by atoms with Gasteiger partial charge in [-0.05, 0) is 50.9 Å². The Hall–Kier alpha value is -1.62. The highest BCUT2D eigenvalue weighted by molar-refractivity contribution is 5.98.